The van der Waals surface area contributed by atoms with Gasteiger partial charge in [0.15, 0.2) is 0 Å². The summed E-state index contributed by atoms with van der Waals surface area (Å²) in [7, 11) is 1.58. The van der Waals surface area contributed by atoms with Gasteiger partial charge in [-0.2, -0.15) is 0 Å². The van der Waals surface area contributed by atoms with Gasteiger partial charge < -0.3 is 21.2 Å². The largest absolute Gasteiger partial charge is 0.496 e. The van der Waals surface area contributed by atoms with Crippen molar-refractivity contribution in [2.75, 3.05) is 7.11 Å². The lowest BCUT2D eigenvalue weighted by Gasteiger charge is -2.09. The van der Waals surface area contributed by atoms with Crippen molar-refractivity contribution in [3.63, 3.8) is 0 Å². The maximum Gasteiger partial charge on any atom is 0.128 e. The van der Waals surface area contributed by atoms with Gasteiger partial charge in [-0.1, -0.05) is 18.2 Å². The predicted octanol–water partition coefficient (Wildman–Crippen LogP) is 3.26. The molecule has 8 heteroatoms. The number of halogens is 2. The fourth-order valence-electron chi connectivity index (χ4n) is 2.52. The van der Waals surface area contributed by atoms with Crippen molar-refractivity contribution < 1.29 is 4.74 Å². The lowest BCUT2D eigenvalue weighted by Crippen LogP contribution is -2.11. The molecule has 0 amide bonds. The van der Waals surface area contributed by atoms with E-state index in [9.17, 15) is 0 Å². The number of rotatable bonds is 4. The first-order valence-corrected chi connectivity index (χ1v) is 6.99. The highest BCUT2D eigenvalue weighted by Gasteiger charge is 2.11. The molecule has 25 heavy (non-hydrogen) atoms. The maximum atomic E-state index is 7.52. The highest BCUT2D eigenvalue weighted by Crippen LogP contribution is 2.32. The molecule has 0 spiro atoms. The molecule has 0 aliphatic heterocycles. The number of ether oxygens (including phenoxy) is 1. The van der Waals surface area contributed by atoms with E-state index in [2.05, 4.69) is 4.98 Å². The molecule has 0 saturated heterocycles. The summed E-state index contributed by atoms with van der Waals surface area (Å²) in [5.74, 6) is 0.667. The summed E-state index contributed by atoms with van der Waals surface area (Å²) >= 11 is 0. The summed E-state index contributed by atoms with van der Waals surface area (Å²) in [6, 6.07) is 13.0. The number of amidine groups is 2. The molecule has 1 aromatic heterocycles. The number of H-pyrrole nitrogens is 1. The van der Waals surface area contributed by atoms with Gasteiger partial charge in [-0.15, -0.1) is 24.8 Å². The van der Waals surface area contributed by atoms with Crippen LogP contribution in [-0.4, -0.2) is 23.8 Å². The van der Waals surface area contributed by atoms with Gasteiger partial charge in [0.1, 0.15) is 17.4 Å². The van der Waals surface area contributed by atoms with Crippen molar-refractivity contribution >= 4 is 47.4 Å². The summed E-state index contributed by atoms with van der Waals surface area (Å²) in [5.41, 5.74) is 15.0. The molecule has 0 aliphatic rings. The van der Waals surface area contributed by atoms with Crippen LogP contribution in [0.15, 0.2) is 42.5 Å². The van der Waals surface area contributed by atoms with E-state index in [-0.39, 0.29) is 36.5 Å². The Balaban J connectivity index is 0.00000156. The number of aromatic amines is 1. The number of benzene rings is 2. The first-order valence-electron chi connectivity index (χ1n) is 6.99. The molecule has 132 valence electrons. The fourth-order valence-corrected chi connectivity index (χ4v) is 2.52. The van der Waals surface area contributed by atoms with Gasteiger partial charge in [-0.3, -0.25) is 10.8 Å². The molecule has 7 N–H and O–H groups in total. The van der Waals surface area contributed by atoms with Crippen LogP contribution in [-0.2, 0) is 0 Å². The molecule has 0 bridgehead atoms. The topological polar surface area (TPSA) is 125 Å². The predicted molar refractivity (Wildman–Crippen MR) is 107 cm³/mol. The van der Waals surface area contributed by atoms with Gasteiger partial charge in [-0.25, -0.2) is 0 Å². The molecule has 0 atom stereocenters. The highest BCUT2D eigenvalue weighted by atomic mass is 35.5. The molecule has 0 radical (unpaired) electrons. The summed E-state index contributed by atoms with van der Waals surface area (Å²) in [6.45, 7) is 0. The van der Waals surface area contributed by atoms with E-state index >= 15 is 0 Å². The SMILES string of the molecule is COc1cc(C(=N)N)ccc1-c1cc2ccc(C(=N)N)cc2[nH]1.Cl.Cl. The molecular weight excluding hydrogens is 361 g/mol. The van der Waals surface area contributed by atoms with Gasteiger partial charge in [0.2, 0.25) is 0 Å². The van der Waals surface area contributed by atoms with Crippen molar-refractivity contribution in [1.29, 1.82) is 10.8 Å². The first-order chi connectivity index (χ1) is 11.0. The van der Waals surface area contributed by atoms with Crippen LogP contribution in [0.1, 0.15) is 11.1 Å². The molecule has 0 unspecified atom stereocenters. The van der Waals surface area contributed by atoms with E-state index < -0.39 is 0 Å². The fraction of sp³-hybridized carbons (Fsp3) is 0.0588. The Morgan fingerprint density at radius 1 is 0.920 bits per heavy atom. The molecule has 0 fully saturated rings. The third kappa shape index (κ3) is 3.87. The van der Waals surface area contributed by atoms with Gasteiger partial charge in [0.25, 0.3) is 0 Å². The average molecular weight is 380 g/mol. The zero-order chi connectivity index (χ0) is 16.6. The monoisotopic (exact) mass is 379 g/mol. The Bertz CT molecular complexity index is 936. The zero-order valence-electron chi connectivity index (χ0n) is 13.4. The van der Waals surface area contributed by atoms with Crippen LogP contribution in [0.3, 0.4) is 0 Å². The summed E-state index contributed by atoms with van der Waals surface area (Å²) in [6.07, 6.45) is 0. The molecule has 0 saturated carbocycles. The number of fused-ring (bicyclic) bond motifs is 1. The number of hydrogen-bond donors (Lipinski definition) is 5. The van der Waals surface area contributed by atoms with Crippen molar-refractivity contribution in [2.45, 2.75) is 0 Å². The van der Waals surface area contributed by atoms with E-state index in [1.54, 1.807) is 19.2 Å². The number of aromatic nitrogens is 1. The van der Waals surface area contributed by atoms with Crippen LogP contribution in [0.5, 0.6) is 5.75 Å². The zero-order valence-corrected chi connectivity index (χ0v) is 15.1. The number of nitrogens with two attached hydrogens (primary N) is 2. The average Bonchev–Trinajstić information content (AvgIpc) is 2.96. The van der Waals surface area contributed by atoms with Gasteiger partial charge in [0, 0.05) is 27.6 Å². The van der Waals surface area contributed by atoms with Gasteiger partial charge in [0.05, 0.1) is 12.8 Å². The second-order valence-electron chi connectivity index (χ2n) is 5.23. The van der Waals surface area contributed by atoms with Crippen LogP contribution in [0.4, 0.5) is 0 Å². The molecular formula is C17H19Cl2N5O. The van der Waals surface area contributed by atoms with E-state index in [4.69, 9.17) is 27.0 Å². The van der Waals surface area contributed by atoms with Gasteiger partial charge in [-0.05, 0) is 24.3 Å². The number of nitrogen functional groups attached to an aromatic ring is 2. The number of nitrogens with one attached hydrogen (secondary N) is 3. The highest BCUT2D eigenvalue weighted by molar-refractivity contribution is 6.00. The third-order valence-electron chi connectivity index (χ3n) is 3.74. The number of hydrogen-bond acceptors (Lipinski definition) is 3. The summed E-state index contributed by atoms with van der Waals surface area (Å²) in [5, 5.41) is 16.1. The van der Waals surface area contributed by atoms with Crippen molar-refractivity contribution in [2.24, 2.45) is 11.5 Å². The quantitative estimate of drug-likeness (QED) is 0.352. The molecule has 3 aromatic rings. The molecule has 3 rings (SSSR count). The van der Waals surface area contributed by atoms with E-state index in [1.165, 1.54) is 0 Å². The minimum Gasteiger partial charge on any atom is -0.496 e. The second-order valence-corrected chi connectivity index (χ2v) is 5.23. The Kier molecular flexibility index (Phi) is 6.44. The maximum absolute atomic E-state index is 7.52. The smallest absolute Gasteiger partial charge is 0.128 e. The van der Waals surface area contributed by atoms with Crippen molar-refractivity contribution in [3.05, 3.63) is 53.6 Å². The summed E-state index contributed by atoms with van der Waals surface area (Å²) < 4.78 is 5.42. The molecule has 1 heterocycles. The Morgan fingerprint density at radius 2 is 1.52 bits per heavy atom. The van der Waals surface area contributed by atoms with E-state index in [0.717, 1.165) is 22.2 Å². The Hall–Kier alpha value is -2.70. The first kappa shape index (κ1) is 20.3. The van der Waals surface area contributed by atoms with Crippen molar-refractivity contribution in [3.8, 4) is 17.0 Å². The summed E-state index contributed by atoms with van der Waals surface area (Å²) in [4.78, 5) is 3.31. The van der Waals surface area contributed by atoms with Crippen LogP contribution in [0.25, 0.3) is 22.2 Å². The second kappa shape index (κ2) is 7.92. The van der Waals surface area contributed by atoms with E-state index in [1.807, 2.05) is 30.3 Å². The third-order valence-corrected chi connectivity index (χ3v) is 3.74. The van der Waals surface area contributed by atoms with Crippen LogP contribution in [0, 0.1) is 10.8 Å². The van der Waals surface area contributed by atoms with Crippen LogP contribution >= 0.6 is 24.8 Å². The lowest BCUT2D eigenvalue weighted by molar-refractivity contribution is 0.416. The molecule has 0 aliphatic carbocycles. The van der Waals surface area contributed by atoms with E-state index in [0.29, 0.717) is 16.9 Å². The lowest BCUT2D eigenvalue weighted by atomic mass is 10.1. The standard InChI is InChI=1S/C17H17N5O.2ClH/c1-23-15-8-11(17(20)21)4-5-12(15)14-6-9-2-3-10(16(18)19)7-13(9)22-14;;/h2-8,22H,1H3,(H3,18,19)(H3,20,21);2*1H. The van der Waals surface area contributed by atoms with Gasteiger partial charge >= 0.3 is 0 Å². The van der Waals surface area contributed by atoms with Crippen molar-refractivity contribution in [1.82, 2.24) is 4.98 Å². The minimum atomic E-state index is -0.00223. The molecule has 6 nitrogen and oxygen atoms in total. The van der Waals surface area contributed by atoms with Crippen LogP contribution in [0.2, 0.25) is 0 Å². The molecule has 2 aromatic carbocycles. The Labute approximate surface area is 157 Å². The minimum absolute atomic E-state index is 0. The normalized spacial score (nSPS) is 9.80. The number of methoxy groups -OCH3 is 1. The van der Waals surface area contributed by atoms with Crippen LogP contribution < -0.4 is 16.2 Å². The Morgan fingerprint density at radius 3 is 2.12 bits per heavy atom.